The Balaban J connectivity index is 0.000000153. The minimum Gasteiger partial charge on any atom is -0.333 e. The molecule has 3 fully saturated rings. The summed E-state index contributed by atoms with van der Waals surface area (Å²) in [6, 6.07) is 24.4. The number of hydrogen-bond donors (Lipinski definition) is 6. The number of aryl methyl sites for hydroxylation is 3. The van der Waals surface area contributed by atoms with Crippen LogP contribution in [0.4, 0.5) is 30.2 Å². The van der Waals surface area contributed by atoms with Crippen LogP contribution in [0.25, 0.3) is 31.7 Å². The van der Waals surface area contributed by atoms with Gasteiger partial charge in [0.2, 0.25) is 17.7 Å². The number of halogens is 6. The van der Waals surface area contributed by atoms with Crippen molar-refractivity contribution >= 4 is 151 Å². The van der Waals surface area contributed by atoms with E-state index in [-0.39, 0.29) is 50.9 Å². The van der Waals surface area contributed by atoms with Crippen LogP contribution in [0, 0.1) is 17.5 Å². The molecule has 0 radical (unpaired) electrons. The molecule has 492 valence electrons. The lowest BCUT2D eigenvalue weighted by molar-refractivity contribution is -0.120. The molecule has 3 aliphatic heterocycles. The first-order chi connectivity index (χ1) is 43.9. The molecule has 0 bridgehead atoms. The van der Waals surface area contributed by atoms with Gasteiger partial charge in [-0.3, -0.25) is 23.7 Å². The fourth-order valence-corrected chi connectivity index (χ4v) is 18.7. The van der Waals surface area contributed by atoms with Crippen LogP contribution in [-0.4, -0.2) is 129 Å². The molecule has 93 heavy (non-hydrogen) atoms. The van der Waals surface area contributed by atoms with Crippen molar-refractivity contribution in [1.29, 1.82) is 0 Å². The summed E-state index contributed by atoms with van der Waals surface area (Å²) in [7, 11) is 1.75. The zero-order valence-electron chi connectivity index (χ0n) is 50.5. The third kappa shape index (κ3) is 15.8. The van der Waals surface area contributed by atoms with Crippen molar-refractivity contribution in [2.45, 2.75) is 55.5 Å². The third-order valence-electron chi connectivity index (χ3n) is 15.6. The number of anilines is 3. The maximum atomic E-state index is 13.4. The standard InChI is InChI=1S/3C20H21ClFN5O2S2/c1-26-11-23-10-17(26)19-7-6-18(30-19)15-9-16(27(2)31(3,29)25-15)20(28)24-12-4-5-14(22)13(21)8-12;1-26-16(8-9-23-26)19-7-6-18(30-19)15-11-17(27(2)31(3,29)25-15)20(28)24-12-4-5-14(22)13(21)10-12;1-26-9-8-15(24-26)18-6-7-19(30-18)16-11-17(27(2)31(3,29)25-16)20(28)23-12-4-5-14(22)13(21)10-12/h4-8,10-11,15-16H,3,9H2,1-2H3,(H,24,28)(H,25,29);4-10,15,17H,3,11H2,1-2H3,(H,24,28)(H,25,29);4-10,16-17H,3,11H2,1-2H3,(H,23,28)(H,25,29)/t15-,16+,31?;15-,17+,31?;16-,17+,31?/m111/s1. The molecular formula is C60H63Cl3F3N15O6S6. The average Bonchev–Trinajstić information content (AvgIpc) is 1.78. The number of amides is 3. The van der Waals surface area contributed by atoms with E-state index < -0.39 is 65.3 Å². The highest BCUT2D eigenvalue weighted by Gasteiger charge is 2.41. The number of carbonyl (C=O) groups is 3. The maximum absolute atomic E-state index is 13.4. The zero-order chi connectivity index (χ0) is 67.0. The first-order valence-corrected chi connectivity index (χ1v) is 36.7. The van der Waals surface area contributed by atoms with Gasteiger partial charge in [-0.2, -0.15) is 10.2 Å². The number of nitrogens with one attached hydrogen (secondary N) is 6. The number of aromatic nitrogens is 6. The van der Waals surface area contributed by atoms with Crippen LogP contribution in [0.5, 0.6) is 0 Å². The van der Waals surface area contributed by atoms with E-state index in [1.165, 1.54) is 78.8 Å². The number of carbonyl (C=O) groups excluding carboxylic acids is 3. The van der Waals surface area contributed by atoms with Gasteiger partial charge in [0.1, 0.15) is 41.3 Å². The van der Waals surface area contributed by atoms with Gasteiger partial charge in [0.25, 0.3) is 0 Å². The summed E-state index contributed by atoms with van der Waals surface area (Å²) >= 11 is 22.0. The van der Waals surface area contributed by atoms with E-state index in [1.54, 1.807) is 71.9 Å². The Bertz CT molecular complexity index is 4440. The Morgan fingerprint density at radius 3 is 1.25 bits per heavy atom. The fraction of sp³-hybridized carbons (Fsp3) is 0.250. The van der Waals surface area contributed by atoms with Crippen molar-refractivity contribution in [3.05, 3.63) is 175 Å². The van der Waals surface area contributed by atoms with Gasteiger partial charge >= 0.3 is 0 Å². The minimum atomic E-state index is -2.89. The minimum absolute atomic E-state index is 0.0865. The summed E-state index contributed by atoms with van der Waals surface area (Å²) < 4.78 is 98.6. The van der Waals surface area contributed by atoms with E-state index in [0.29, 0.717) is 36.3 Å². The monoisotopic (exact) mass is 1440 g/mol. The second-order valence-corrected chi connectivity index (χ2v) is 32.7. The quantitative estimate of drug-likeness (QED) is 0.0637. The summed E-state index contributed by atoms with van der Waals surface area (Å²) in [5.74, 6) is 8.61. The lowest BCUT2D eigenvalue weighted by Gasteiger charge is -2.39. The molecule has 6 N–H and O–H groups in total. The largest absolute Gasteiger partial charge is 0.333 e. The van der Waals surface area contributed by atoms with Crippen LogP contribution in [-0.2, 0) is 65.2 Å². The second kappa shape index (κ2) is 28.3. The van der Waals surface area contributed by atoms with E-state index in [4.69, 9.17) is 34.8 Å². The van der Waals surface area contributed by atoms with E-state index in [2.05, 4.69) is 62.9 Å². The van der Waals surface area contributed by atoms with E-state index in [0.717, 1.165) is 46.3 Å². The number of hydrogen-bond acceptors (Lipinski definition) is 12. The van der Waals surface area contributed by atoms with Gasteiger partial charge in [-0.25, -0.2) is 57.9 Å². The van der Waals surface area contributed by atoms with Crippen molar-refractivity contribution in [3.63, 3.8) is 0 Å². The summed E-state index contributed by atoms with van der Waals surface area (Å²) in [5, 5.41) is 16.5. The lowest BCUT2D eigenvalue weighted by atomic mass is 10.1. The smallest absolute Gasteiger partial charge is 0.242 e. The molecule has 0 saturated carbocycles. The van der Waals surface area contributed by atoms with Crippen molar-refractivity contribution in [2.24, 2.45) is 21.1 Å². The third-order valence-corrected chi connectivity index (χ3v) is 25.6. The molecule has 12 rings (SSSR count). The fourth-order valence-electron chi connectivity index (χ4n) is 10.3. The molecule has 3 aliphatic rings. The average molecular weight is 1450 g/mol. The summed E-state index contributed by atoms with van der Waals surface area (Å²) in [6.07, 6.45) is 8.26. The zero-order valence-corrected chi connectivity index (χ0v) is 57.7. The molecular weight excluding hydrogens is 1380 g/mol. The summed E-state index contributed by atoms with van der Waals surface area (Å²) in [5.41, 5.74) is 3.90. The predicted octanol–water partition coefficient (Wildman–Crippen LogP) is 10.4. The number of likely N-dealkylation sites (N-methyl/N-ethyl adjacent to an activating group) is 3. The van der Waals surface area contributed by atoms with Crippen molar-refractivity contribution in [1.82, 2.24) is 56.2 Å². The Kier molecular flexibility index (Phi) is 21.0. The van der Waals surface area contributed by atoms with Crippen LogP contribution in [0.2, 0.25) is 15.1 Å². The topological polar surface area (TPSA) is 238 Å². The number of benzene rings is 3. The summed E-state index contributed by atoms with van der Waals surface area (Å²) in [4.78, 5) is 49.0. The molecule has 9 atom stereocenters. The number of imidazole rings is 1. The van der Waals surface area contributed by atoms with Gasteiger partial charge in [0, 0.05) is 86.4 Å². The first kappa shape index (κ1) is 69.1. The Morgan fingerprint density at radius 2 is 0.914 bits per heavy atom. The van der Waals surface area contributed by atoms with Gasteiger partial charge in [-0.05, 0) is 140 Å². The van der Waals surface area contributed by atoms with Gasteiger partial charge in [-0.15, -0.1) is 34.0 Å². The van der Waals surface area contributed by atoms with Crippen molar-refractivity contribution < 1.29 is 40.2 Å². The lowest BCUT2D eigenvalue weighted by Crippen LogP contribution is -2.55. The molecule has 3 amide bonds. The number of rotatable bonds is 12. The number of thiophene rings is 3. The van der Waals surface area contributed by atoms with Crippen LogP contribution < -0.4 is 30.1 Å². The van der Waals surface area contributed by atoms with Gasteiger partial charge in [-0.1, -0.05) is 34.8 Å². The molecule has 0 spiro atoms. The van der Waals surface area contributed by atoms with Crippen molar-refractivity contribution in [2.75, 3.05) is 37.1 Å². The normalized spacial score (nSPS) is 24.3. The molecule has 0 aliphatic carbocycles. The Morgan fingerprint density at radius 1 is 0.538 bits per heavy atom. The van der Waals surface area contributed by atoms with Gasteiger partial charge < -0.3 is 20.5 Å². The van der Waals surface area contributed by atoms with Crippen LogP contribution in [0.15, 0.2) is 128 Å². The van der Waals surface area contributed by atoms with Crippen molar-refractivity contribution in [3.8, 4) is 31.7 Å². The van der Waals surface area contributed by atoms with Crippen LogP contribution in [0.1, 0.15) is 52.0 Å². The maximum Gasteiger partial charge on any atom is 0.242 e. The molecule has 33 heteroatoms. The number of nitrogens with zero attached hydrogens (tertiary/aromatic N) is 9. The molecule has 9 aromatic rings. The SMILES string of the molecule is C=S1(=O)N[C@@H](c2ccc(-c3ccn(C)n3)s2)C[C@@H](C(=O)Nc2ccc(F)c(Cl)c2)N1C.C=S1(=O)N[C@@H](c2ccc(-c3ccnn3C)s2)C[C@@H](C(=O)Nc2ccc(F)c(Cl)c2)N1C.C=S1(=O)N[C@@H](c2ccc(-c3cncn3C)s2)C[C@@H](C(=O)Nc2ccc(F)c(Cl)c2)N1C. The molecule has 21 nitrogen and oxygen atoms in total. The first-order valence-electron chi connectivity index (χ1n) is 28.1. The molecule has 3 unspecified atom stereocenters. The highest BCUT2D eigenvalue weighted by atomic mass is 35.5. The van der Waals surface area contributed by atoms with Crippen LogP contribution >= 0.6 is 68.8 Å². The predicted molar refractivity (Wildman–Crippen MR) is 372 cm³/mol. The summed E-state index contributed by atoms with van der Waals surface area (Å²) in [6.45, 7) is 0. The van der Waals surface area contributed by atoms with Gasteiger partial charge in [0.05, 0.1) is 101 Å². The highest BCUT2D eigenvalue weighted by molar-refractivity contribution is 7.97. The molecule has 3 aromatic carbocycles. The van der Waals surface area contributed by atoms with E-state index in [1.807, 2.05) is 80.4 Å². The Hall–Kier alpha value is -6.72. The van der Waals surface area contributed by atoms with E-state index in [9.17, 15) is 40.2 Å². The molecule has 9 heterocycles. The highest BCUT2D eigenvalue weighted by Crippen LogP contribution is 2.40. The second-order valence-electron chi connectivity index (χ2n) is 21.9. The Labute approximate surface area is 563 Å². The van der Waals surface area contributed by atoms with Crippen LogP contribution in [0.3, 0.4) is 0 Å². The molecule has 3 saturated heterocycles. The molecule has 6 aromatic heterocycles. The van der Waals surface area contributed by atoms with E-state index >= 15 is 0 Å². The van der Waals surface area contributed by atoms with Gasteiger partial charge in [0.15, 0.2) is 0 Å².